The average Bonchev–Trinajstić information content (AvgIpc) is 2.54. The highest BCUT2D eigenvalue weighted by Crippen LogP contribution is 2.24. The molecule has 0 radical (unpaired) electrons. The maximum absolute atomic E-state index is 13.9. The zero-order valence-corrected chi connectivity index (χ0v) is 13.0. The standard InChI is InChI=1S/C18H20FNO2/c1-13(15-9-5-6-10-16(15)19)20(2)18(21)12-14-8-4-7-11-17(14)22-3/h4-11,13H,12H2,1-3H3/t13-/m1/s1. The smallest absolute Gasteiger partial charge is 0.227 e. The predicted molar refractivity (Wildman–Crippen MR) is 84.3 cm³/mol. The molecule has 2 aromatic carbocycles. The molecular formula is C18H20FNO2. The minimum atomic E-state index is -0.330. The molecule has 0 fully saturated rings. The first kappa shape index (κ1) is 16.0. The van der Waals surface area contributed by atoms with Crippen molar-refractivity contribution in [2.45, 2.75) is 19.4 Å². The van der Waals surface area contributed by atoms with Gasteiger partial charge in [-0.3, -0.25) is 4.79 Å². The van der Waals surface area contributed by atoms with Crippen molar-refractivity contribution in [2.24, 2.45) is 0 Å². The Hall–Kier alpha value is -2.36. The van der Waals surface area contributed by atoms with Crippen LogP contribution in [0, 0.1) is 5.82 Å². The third-order valence-corrected chi connectivity index (χ3v) is 3.86. The van der Waals surface area contributed by atoms with E-state index in [9.17, 15) is 9.18 Å². The lowest BCUT2D eigenvalue weighted by molar-refractivity contribution is -0.131. The molecular weight excluding hydrogens is 281 g/mol. The highest BCUT2D eigenvalue weighted by atomic mass is 19.1. The third kappa shape index (κ3) is 3.45. The van der Waals surface area contributed by atoms with E-state index >= 15 is 0 Å². The molecule has 2 rings (SSSR count). The van der Waals surface area contributed by atoms with Gasteiger partial charge in [-0.25, -0.2) is 4.39 Å². The van der Waals surface area contributed by atoms with E-state index in [0.717, 1.165) is 5.56 Å². The number of amides is 1. The molecule has 22 heavy (non-hydrogen) atoms. The number of ether oxygens (including phenoxy) is 1. The third-order valence-electron chi connectivity index (χ3n) is 3.86. The number of carbonyl (C=O) groups excluding carboxylic acids is 1. The van der Waals surface area contributed by atoms with Crippen LogP contribution in [0.25, 0.3) is 0 Å². The summed E-state index contributed by atoms with van der Waals surface area (Å²) in [6.07, 6.45) is 0.222. The first-order chi connectivity index (χ1) is 10.5. The summed E-state index contributed by atoms with van der Waals surface area (Å²) in [5.41, 5.74) is 1.33. The molecule has 0 N–H and O–H groups in total. The molecule has 0 aromatic heterocycles. The van der Waals surface area contributed by atoms with Gasteiger partial charge in [0.15, 0.2) is 0 Å². The summed E-state index contributed by atoms with van der Waals surface area (Å²) in [6.45, 7) is 1.82. The molecule has 0 saturated carbocycles. The van der Waals surface area contributed by atoms with Crippen LogP contribution in [-0.4, -0.2) is 25.0 Å². The quantitative estimate of drug-likeness (QED) is 0.844. The number of para-hydroxylation sites is 1. The number of carbonyl (C=O) groups is 1. The lowest BCUT2D eigenvalue weighted by Crippen LogP contribution is -2.31. The van der Waals surface area contributed by atoms with Gasteiger partial charge in [0, 0.05) is 18.2 Å². The zero-order valence-electron chi connectivity index (χ0n) is 13.0. The van der Waals surface area contributed by atoms with Crippen LogP contribution >= 0.6 is 0 Å². The number of methoxy groups -OCH3 is 1. The normalized spacial score (nSPS) is 11.8. The van der Waals surface area contributed by atoms with Gasteiger partial charge in [0.05, 0.1) is 19.6 Å². The Balaban J connectivity index is 2.14. The molecule has 116 valence electrons. The summed E-state index contributed by atoms with van der Waals surface area (Å²) < 4.78 is 19.1. The van der Waals surface area contributed by atoms with Crippen LogP contribution in [0.15, 0.2) is 48.5 Å². The maximum Gasteiger partial charge on any atom is 0.227 e. The predicted octanol–water partition coefficient (Wildman–Crippen LogP) is 3.60. The van der Waals surface area contributed by atoms with Gasteiger partial charge >= 0.3 is 0 Å². The molecule has 0 aliphatic rings. The Morgan fingerprint density at radius 2 is 1.82 bits per heavy atom. The van der Waals surface area contributed by atoms with E-state index in [2.05, 4.69) is 0 Å². The zero-order chi connectivity index (χ0) is 16.1. The Morgan fingerprint density at radius 3 is 2.50 bits per heavy atom. The fraction of sp³-hybridized carbons (Fsp3) is 0.278. The molecule has 3 nitrogen and oxygen atoms in total. The van der Waals surface area contributed by atoms with Gasteiger partial charge in [-0.1, -0.05) is 36.4 Å². The fourth-order valence-corrected chi connectivity index (χ4v) is 2.38. The molecule has 2 aromatic rings. The topological polar surface area (TPSA) is 29.5 Å². The van der Waals surface area contributed by atoms with Gasteiger partial charge < -0.3 is 9.64 Å². The Kier molecular flexibility index (Phi) is 5.15. The monoisotopic (exact) mass is 301 g/mol. The summed E-state index contributed by atoms with van der Waals surface area (Å²) >= 11 is 0. The van der Waals surface area contributed by atoms with Crippen molar-refractivity contribution in [3.63, 3.8) is 0 Å². The first-order valence-corrected chi connectivity index (χ1v) is 7.16. The first-order valence-electron chi connectivity index (χ1n) is 7.16. The van der Waals surface area contributed by atoms with Crippen LogP contribution in [0.2, 0.25) is 0 Å². The fourth-order valence-electron chi connectivity index (χ4n) is 2.38. The molecule has 4 heteroatoms. The molecule has 0 spiro atoms. The van der Waals surface area contributed by atoms with Crippen LogP contribution in [0.4, 0.5) is 4.39 Å². The van der Waals surface area contributed by atoms with Gasteiger partial charge in [0.2, 0.25) is 5.91 Å². The van der Waals surface area contributed by atoms with Crippen molar-refractivity contribution >= 4 is 5.91 Å². The van der Waals surface area contributed by atoms with E-state index in [1.165, 1.54) is 6.07 Å². The molecule has 0 heterocycles. The van der Waals surface area contributed by atoms with E-state index in [0.29, 0.717) is 11.3 Å². The number of likely N-dealkylation sites (N-methyl/N-ethyl adjacent to an activating group) is 1. The number of rotatable bonds is 5. The second kappa shape index (κ2) is 7.07. The number of hydrogen-bond acceptors (Lipinski definition) is 2. The summed E-state index contributed by atoms with van der Waals surface area (Å²) in [6, 6.07) is 13.6. The highest BCUT2D eigenvalue weighted by molar-refractivity contribution is 5.79. The van der Waals surface area contributed by atoms with Gasteiger partial charge in [0.25, 0.3) is 0 Å². The second-order valence-corrected chi connectivity index (χ2v) is 5.19. The number of nitrogens with zero attached hydrogens (tertiary/aromatic N) is 1. The van der Waals surface area contributed by atoms with E-state index in [1.807, 2.05) is 31.2 Å². The van der Waals surface area contributed by atoms with Crippen LogP contribution < -0.4 is 4.74 Å². The molecule has 0 unspecified atom stereocenters. The molecule has 0 aliphatic carbocycles. The minimum Gasteiger partial charge on any atom is -0.496 e. The van der Waals surface area contributed by atoms with Gasteiger partial charge in [-0.15, -0.1) is 0 Å². The highest BCUT2D eigenvalue weighted by Gasteiger charge is 2.20. The Morgan fingerprint density at radius 1 is 1.18 bits per heavy atom. The van der Waals surface area contributed by atoms with Crippen LogP contribution in [0.5, 0.6) is 5.75 Å². The molecule has 0 saturated heterocycles. The van der Waals surface area contributed by atoms with Crippen LogP contribution in [0.1, 0.15) is 24.1 Å². The number of benzene rings is 2. The van der Waals surface area contributed by atoms with Crippen molar-refractivity contribution in [3.05, 3.63) is 65.5 Å². The largest absolute Gasteiger partial charge is 0.496 e. The number of hydrogen-bond donors (Lipinski definition) is 0. The molecule has 0 aliphatic heterocycles. The summed E-state index contributed by atoms with van der Waals surface area (Å²) in [5.74, 6) is 0.301. The summed E-state index contributed by atoms with van der Waals surface area (Å²) in [5, 5.41) is 0. The van der Waals surface area contributed by atoms with E-state index in [-0.39, 0.29) is 24.2 Å². The van der Waals surface area contributed by atoms with Crippen molar-refractivity contribution < 1.29 is 13.9 Å². The second-order valence-electron chi connectivity index (χ2n) is 5.19. The molecule has 0 bridgehead atoms. The van der Waals surface area contributed by atoms with Crippen molar-refractivity contribution in [2.75, 3.05) is 14.2 Å². The van der Waals surface area contributed by atoms with Gasteiger partial charge in [0.1, 0.15) is 11.6 Å². The minimum absolute atomic E-state index is 0.0831. The van der Waals surface area contributed by atoms with Gasteiger partial charge in [-0.05, 0) is 19.1 Å². The Bertz CT molecular complexity index is 657. The average molecular weight is 301 g/mol. The lowest BCUT2D eigenvalue weighted by Gasteiger charge is -2.26. The van der Waals surface area contributed by atoms with E-state index in [1.54, 1.807) is 37.3 Å². The van der Waals surface area contributed by atoms with Crippen molar-refractivity contribution in [1.29, 1.82) is 0 Å². The van der Waals surface area contributed by atoms with Gasteiger partial charge in [-0.2, -0.15) is 0 Å². The SMILES string of the molecule is COc1ccccc1CC(=O)N(C)[C@H](C)c1ccccc1F. The Labute approximate surface area is 130 Å². The van der Waals surface area contributed by atoms with Crippen molar-refractivity contribution in [1.82, 2.24) is 4.90 Å². The lowest BCUT2D eigenvalue weighted by atomic mass is 10.0. The summed E-state index contributed by atoms with van der Waals surface area (Å²) in [7, 11) is 3.27. The van der Waals surface area contributed by atoms with E-state index < -0.39 is 0 Å². The van der Waals surface area contributed by atoms with Crippen LogP contribution in [-0.2, 0) is 11.2 Å². The van der Waals surface area contributed by atoms with Crippen LogP contribution in [0.3, 0.4) is 0 Å². The maximum atomic E-state index is 13.9. The van der Waals surface area contributed by atoms with E-state index in [4.69, 9.17) is 4.74 Å². The summed E-state index contributed by atoms with van der Waals surface area (Å²) in [4.78, 5) is 14.0. The molecule has 1 atom stereocenters. The van der Waals surface area contributed by atoms with Crippen molar-refractivity contribution in [3.8, 4) is 5.75 Å². The molecule has 1 amide bonds. The number of halogens is 1.